The van der Waals surface area contributed by atoms with Crippen LogP contribution in [-0.2, 0) is 23.7 Å². The van der Waals surface area contributed by atoms with E-state index < -0.39 is 86.0 Å². The summed E-state index contributed by atoms with van der Waals surface area (Å²) >= 11 is 0. The second-order valence-corrected chi connectivity index (χ2v) is 15.4. The summed E-state index contributed by atoms with van der Waals surface area (Å²) in [6, 6.07) is 0. The largest absolute Gasteiger partial charge is 0.432 e. The van der Waals surface area contributed by atoms with Crippen molar-refractivity contribution >= 4 is 5.97 Å². The molecular weight excluding hydrogens is 592 g/mol. The van der Waals surface area contributed by atoms with Gasteiger partial charge in [0.15, 0.2) is 6.29 Å². The maximum atomic E-state index is 13.9. The van der Waals surface area contributed by atoms with Gasteiger partial charge < -0.3 is 59.8 Å². The Hall–Kier alpha value is -0.970. The van der Waals surface area contributed by atoms with Crippen LogP contribution in [-0.4, -0.2) is 128 Å². The highest BCUT2D eigenvalue weighted by Gasteiger charge is 2.66. The van der Waals surface area contributed by atoms with E-state index in [0.717, 1.165) is 51.4 Å². The molecule has 13 nitrogen and oxygen atoms in total. The Morgan fingerprint density at radius 3 is 2.00 bits per heavy atom. The summed E-state index contributed by atoms with van der Waals surface area (Å²) in [6.45, 7) is 3.49. The lowest BCUT2D eigenvalue weighted by atomic mass is 9.41. The topological polar surface area (TPSA) is 216 Å². The fourth-order valence-electron chi connectivity index (χ4n) is 10.9. The van der Waals surface area contributed by atoms with E-state index in [1.54, 1.807) is 0 Å². The number of aliphatic hydroxyl groups excluding tert-OH is 8. The molecule has 0 aromatic rings. The van der Waals surface area contributed by atoms with Crippen LogP contribution in [0.2, 0.25) is 0 Å². The lowest BCUT2D eigenvalue weighted by Crippen LogP contribution is -2.61. The molecule has 8 N–H and O–H groups in total. The molecule has 17 atom stereocenters. The van der Waals surface area contributed by atoms with Crippen molar-refractivity contribution in [3.8, 4) is 0 Å². The number of aliphatic hydroxyl groups is 8. The van der Waals surface area contributed by atoms with Crippen molar-refractivity contribution in [1.29, 1.82) is 0 Å². The van der Waals surface area contributed by atoms with Crippen molar-refractivity contribution in [3.05, 3.63) is 0 Å². The van der Waals surface area contributed by atoms with Gasteiger partial charge in [-0.3, -0.25) is 4.79 Å². The van der Waals surface area contributed by atoms with Crippen LogP contribution in [0.4, 0.5) is 0 Å². The average molecular weight is 645 g/mol. The summed E-state index contributed by atoms with van der Waals surface area (Å²) in [6.07, 6.45) is -5.63. The third-order valence-electron chi connectivity index (χ3n) is 13.1. The number of fused-ring (bicyclic) bond motifs is 3. The molecule has 0 amide bonds. The van der Waals surface area contributed by atoms with Crippen LogP contribution in [0, 0.1) is 39.9 Å². The minimum atomic E-state index is -1.64. The molecule has 0 radical (unpaired) electrons. The van der Waals surface area contributed by atoms with Crippen LogP contribution < -0.4 is 0 Å². The van der Waals surface area contributed by atoms with Crippen molar-refractivity contribution in [2.45, 2.75) is 133 Å². The summed E-state index contributed by atoms with van der Waals surface area (Å²) in [5.41, 5.74) is -0.872. The van der Waals surface area contributed by atoms with Gasteiger partial charge in [0.05, 0.1) is 25.2 Å². The zero-order valence-corrected chi connectivity index (χ0v) is 26.2. The van der Waals surface area contributed by atoms with E-state index in [0.29, 0.717) is 24.9 Å². The van der Waals surface area contributed by atoms with Crippen molar-refractivity contribution in [3.63, 3.8) is 0 Å². The third kappa shape index (κ3) is 5.47. The highest BCUT2D eigenvalue weighted by atomic mass is 16.7. The van der Waals surface area contributed by atoms with Crippen LogP contribution in [0.1, 0.15) is 71.6 Å². The van der Waals surface area contributed by atoms with Gasteiger partial charge in [-0.15, -0.1) is 0 Å². The predicted molar refractivity (Wildman–Crippen MR) is 154 cm³/mol. The normalized spacial score (nSPS) is 54.6. The molecule has 2 bridgehead atoms. The second kappa shape index (κ2) is 12.5. The van der Waals surface area contributed by atoms with Crippen molar-refractivity contribution in [2.24, 2.45) is 39.9 Å². The highest BCUT2D eigenvalue weighted by molar-refractivity contribution is 5.77. The van der Waals surface area contributed by atoms with Gasteiger partial charge in [0, 0.05) is 0 Å². The summed E-state index contributed by atoms with van der Waals surface area (Å²) in [5, 5.41) is 80.7. The predicted octanol–water partition coefficient (Wildman–Crippen LogP) is -0.825. The molecular formula is C32H52O13. The minimum absolute atomic E-state index is 0.0349. The second-order valence-electron chi connectivity index (χ2n) is 15.4. The first-order valence-electron chi connectivity index (χ1n) is 16.7. The maximum Gasteiger partial charge on any atom is 0.314 e. The van der Waals surface area contributed by atoms with Crippen molar-refractivity contribution in [2.75, 3.05) is 19.8 Å². The van der Waals surface area contributed by atoms with E-state index >= 15 is 0 Å². The fourth-order valence-corrected chi connectivity index (χ4v) is 10.9. The van der Waals surface area contributed by atoms with E-state index in [4.69, 9.17) is 18.9 Å². The zero-order valence-electron chi connectivity index (χ0n) is 26.2. The van der Waals surface area contributed by atoms with E-state index in [1.165, 1.54) is 0 Å². The Morgan fingerprint density at radius 2 is 1.36 bits per heavy atom. The van der Waals surface area contributed by atoms with E-state index in [2.05, 4.69) is 6.92 Å². The molecule has 2 heterocycles. The standard InChI is InChI=1S/C32H52O13/c1-30-7-3-8-31(2,29(41)45-28-26(40)24(38)22(36)18(13-34)44-28)19(30)6-9-32-10-15(4-5-20(30)32)16(11-32)14-42-27-25(39)23(37)21(35)17(12-33)43-27/h15-28,33-40H,3-14H2,1-2H3/t15-,16+,17-,18-,19?,20+,21-,22-,23+,24+,25-,26-,27-,28+,30-,31-,32+/m1/s1. The molecule has 1 spiro atoms. The molecule has 6 fully saturated rings. The molecule has 6 aliphatic rings. The van der Waals surface area contributed by atoms with Gasteiger partial charge in [-0.05, 0) is 92.8 Å². The molecule has 0 aromatic carbocycles. The van der Waals surface area contributed by atoms with E-state index in [-0.39, 0.29) is 22.7 Å². The summed E-state index contributed by atoms with van der Waals surface area (Å²) < 4.78 is 22.9. The molecule has 45 heavy (non-hydrogen) atoms. The minimum Gasteiger partial charge on any atom is -0.432 e. The number of esters is 1. The lowest BCUT2D eigenvalue weighted by molar-refractivity contribution is -0.303. The summed E-state index contributed by atoms with van der Waals surface area (Å²) in [5.74, 6) is 0.598. The van der Waals surface area contributed by atoms with Gasteiger partial charge in [0.1, 0.15) is 48.8 Å². The van der Waals surface area contributed by atoms with Crippen LogP contribution >= 0.6 is 0 Å². The first-order chi connectivity index (χ1) is 21.3. The van der Waals surface area contributed by atoms with E-state index in [1.807, 2.05) is 6.92 Å². The van der Waals surface area contributed by atoms with Gasteiger partial charge in [0.25, 0.3) is 0 Å². The number of hydrogen-bond donors (Lipinski definition) is 8. The fraction of sp³-hybridized carbons (Fsp3) is 0.969. The third-order valence-corrected chi connectivity index (χ3v) is 13.1. The van der Waals surface area contributed by atoms with Gasteiger partial charge in [0.2, 0.25) is 6.29 Å². The van der Waals surface area contributed by atoms with Crippen LogP contribution in [0.15, 0.2) is 0 Å². The SMILES string of the molecule is C[C@@]1(C(=O)O[C@@H]2O[C@H](CO)[C@@H](O)[C@H](O)[C@H]2O)CCC[C@]2(C)C1CC[C@@]13C[C@@H](CC[C@H]12)[C@H](CO[C@@H]1O[C@H](CO)[C@@H](O)[C@H](O)[C@H]1O)C3. The average Bonchev–Trinajstić information content (AvgIpc) is 3.28. The number of hydrogen-bond acceptors (Lipinski definition) is 13. The number of ether oxygens (including phenoxy) is 4. The number of rotatable bonds is 7. The lowest BCUT2D eigenvalue weighted by Gasteiger charge is -2.63. The Labute approximate surface area is 263 Å². The Balaban J connectivity index is 1.14. The van der Waals surface area contributed by atoms with Crippen molar-refractivity contribution < 1.29 is 64.6 Å². The summed E-state index contributed by atoms with van der Waals surface area (Å²) in [7, 11) is 0. The maximum absolute atomic E-state index is 13.9. The molecule has 0 aromatic heterocycles. The van der Waals surface area contributed by atoms with Crippen LogP contribution in [0.3, 0.4) is 0 Å². The molecule has 1 unspecified atom stereocenters. The van der Waals surface area contributed by atoms with Gasteiger partial charge in [-0.25, -0.2) is 0 Å². The Kier molecular flexibility index (Phi) is 9.41. The number of carbonyl (C=O) groups is 1. The Bertz CT molecular complexity index is 1070. The summed E-state index contributed by atoms with van der Waals surface area (Å²) in [4.78, 5) is 13.9. The molecule has 2 aliphatic heterocycles. The molecule has 4 aliphatic carbocycles. The van der Waals surface area contributed by atoms with Crippen molar-refractivity contribution in [1.82, 2.24) is 0 Å². The first-order valence-corrected chi connectivity index (χ1v) is 16.7. The van der Waals surface area contributed by atoms with Crippen LogP contribution in [0.25, 0.3) is 0 Å². The quantitative estimate of drug-likeness (QED) is 0.159. The van der Waals surface area contributed by atoms with Gasteiger partial charge in [-0.2, -0.15) is 0 Å². The smallest absolute Gasteiger partial charge is 0.314 e. The highest BCUT2D eigenvalue weighted by Crippen LogP contribution is 2.72. The van der Waals surface area contributed by atoms with Gasteiger partial charge in [-0.1, -0.05) is 13.3 Å². The van der Waals surface area contributed by atoms with E-state index in [9.17, 15) is 45.6 Å². The molecule has 4 saturated carbocycles. The molecule has 13 heteroatoms. The van der Waals surface area contributed by atoms with Crippen LogP contribution in [0.5, 0.6) is 0 Å². The number of carbonyl (C=O) groups excluding carboxylic acids is 1. The first kappa shape index (κ1) is 33.9. The molecule has 258 valence electrons. The molecule has 6 rings (SSSR count). The monoisotopic (exact) mass is 644 g/mol. The molecule has 2 saturated heterocycles. The van der Waals surface area contributed by atoms with Gasteiger partial charge >= 0.3 is 5.97 Å². The Morgan fingerprint density at radius 1 is 0.733 bits per heavy atom. The zero-order chi connectivity index (χ0) is 32.5.